The van der Waals surface area contributed by atoms with Gasteiger partial charge in [0.2, 0.25) is 0 Å². The molecule has 0 unspecified atom stereocenters. The maximum absolute atomic E-state index is 12.9. The molecule has 9 heteroatoms. The molecular formula is C21H20F3N5O. The largest absolute Gasteiger partial charge is 0.416 e. The van der Waals surface area contributed by atoms with Crippen LogP contribution >= 0.6 is 0 Å². The standard InChI is InChI=1S/C21H20F3N5O/c1-12(14-6-8-15(9-7-14)21(22,23)24)29-19-18(16(11-25)28-29)20(30)27-17(26-19)10-13-4-2-3-5-13/h6-9,12-13H,2-5,10H2,1H3,(H,26,27,30)/t12-/m1/s1. The van der Waals surface area contributed by atoms with Crippen molar-refractivity contribution in [3.05, 3.63) is 57.3 Å². The van der Waals surface area contributed by atoms with Gasteiger partial charge in [0.15, 0.2) is 11.3 Å². The van der Waals surface area contributed by atoms with E-state index in [1.54, 1.807) is 6.92 Å². The highest BCUT2D eigenvalue weighted by molar-refractivity contribution is 5.80. The molecule has 1 fully saturated rings. The lowest BCUT2D eigenvalue weighted by molar-refractivity contribution is -0.137. The minimum Gasteiger partial charge on any atom is -0.310 e. The fraction of sp³-hybridized carbons (Fsp3) is 0.429. The molecule has 30 heavy (non-hydrogen) atoms. The van der Waals surface area contributed by atoms with Gasteiger partial charge in [-0.15, -0.1) is 0 Å². The van der Waals surface area contributed by atoms with E-state index in [0.717, 1.165) is 25.0 Å². The molecule has 6 nitrogen and oxygen atoms in total. The third kappa shape index (κ3) is 3.70. The highest BCUT2D eigenvalue weighted by Crippen LogP contribution is 2.31. The Morgan fingerprint density at radius 1 is 1.27 bits per heavy atom. The lowest BCUT2D eigenvalue weighted by Gasteiger charge is -2.15. The first-order valence-corrected chi connectivity index (χ1v) is 9.86. The van der Waals surface area contributed by atoms with Gasteiger partial charge in [-0.05, 0) is 30.5 Å². The third-order valence-corrected chi connectivity index (χ3v) is 5.76. The van der Waals surface area contributed by atoms with E-state index in [2.05, 4.69) is 15.1 Å². The van der Waals surface area contributed by atoms with Gasteiger partial charge in [-0.25, -0.2) is 9.67 Å². The quantitative estimate of drug-likeness (QED) is 0.686. The molecule has 0 aliphatic heterocycles. The van der Waals surface area contributed by atoms with Crippen molar-refractivity contribution in [3.63, 3.8) is 0 Å². The van der Waals surface area contributed by atoms with Gasteiger partial charge in [-0.1, -0.05) is 37.8 Å². The van der Waals surface area contributed by atoms with Crippen molar-refractivity contribution in [3.8, 4) is 6.07 Å². The Bertz CT molecular complexity index is 1160. The van der Waals surface area contributed by atoms with Crippen molar-refractivity contribution in [2.75, 3.05) is 0 Å². The molecule has 0 radical (unpaired) electrons. The number of benzene rings is 1. The number of nitriles is 1. The van der Waals surface area contributed by atoms with E-state index in [1.807, 2.05) is 6.07 Å². The van der Waals surface area contributed by atoms with Crippen molar-refractivity contribution >= 4 is 11.0 Å². The Hall–Kier alpha value is -3.15. The van der Waals surface area contributed by atoms with Crippen LogP contribution in [0.25, 0.3) is 11.0 Å². The van der Waals surface area contributed by atoms with Gasteiger partial charge in [-0.3, -0.25) is 4.79 Å². The molecule has 1 saturated carbocycles. The summed E-state index contributed by atoms with van der Waals surface area (Å²) in [6, 6.07) is 6.18. The number of fused-ring (bicyclic) bond motifs is 1. The van der Waals surface area contributed by atoms with E-state index in [9.17, 15) is 23.2 Å². The van der Waals surface area contributed by atoms with Crippen molar-refractivity contribution in [1.29, 1.82) is 5.26 Å². The van der Waals surface area contributed by atoms with Gasteiger partial charge in [0, 0.05) is 6.42 Å². The highest BCUT2D eigenvalue weighted by Gasteiger charge is 2.30. The van der Waals surface area contributed by atoms with E-state index in [1.165, 1.54) is 29.7 Å². The summed E-state index contributed by atoms with van der Waals surface area (Å²) in [5.74, 6) is 1.01. The Kier molecular flexibility index (Phi) is 5.10. The van der Waals surface area contributed by atoms with Gasteiger partial charge in [0.25, 0.3) is 5.56 Å². The average Bonchev–Trinajstić information content (AvgIpc) is 3.34. The molecule has 1 aliphatic carbocycles. The Labute approximate surface area is 170 Å². The number of nitrogens with zero attached hydrogens (tertiary/aromatic N) is 4. The first-order chi connectivity index (χ1) is 14.3. The lowest BCUT2D eigenvalue weighted by Crippen LogP contribution is -2.16. The zero-order chi connectivity index (χ0) is 21.5. The fourth-order valence-corrected chi connectivity index (χ4v) is 4.12. The van der Waals surface area contributed by atoms with Gasteiger partial charge >= 0.3 is 6.18 Å². The summed E-state index contributed by atoms with van der Waals surface area (Å²) in [7, 11) is 0. The van der Waals surface area contributed by atoms with E-state index in [-0.39, 0.29) is 16.7 Å². The number of halogens is 3. The van der Waals surface area contributed by atoms with Gasteiger partial charge in [0.05, 0.1) is 11.6 Å². The van der Waals surface area contributed by atoms with Crippen LogP contribution in [0.3, 0.4) is 0 Å². The normalized spacial score (nSPS) is 16.1. The summed E-state index contributed by atoms with van der Waals surface area (Å²) in [5.41, 5.74) is -0.373. The Morgan fingerprint density at radius 3 is 2.53 bits per heavy atom. The molecule has 0 bridgehead atoms. The molecule has 4 rings (SSSR count). The van der Waals surface area contributed by atoms with Crippen molar-refractivity contribution in [2.45, 2.75) is 51.2 Å². The summed E-state index contributed by atoms with van der Waals surface area (Å²) in [6.45, 7) is 1.75. The predicted octanol–water partition coefficient (Wildman–Crippen LogP) is 4.35. The summed E-state index contributed by atoms with van der Waals surface area (Å²) in [6.07, 6.45) is 0.737. The number of aromatic nitrogens is 4. The van der Waals surface area contributed by atoms with Crippen LogP contribution in [0.2, 0.25) is 0 Å². The van der Waals surface area contributed by atoms with Crippen LogP contribution in [-0.2, 0) is 12.6 Å². The molecule has 2 heterocycles. The number of rotatable bonds is 4. The number of H-pyrrole nitrogens is 1. The van der Waals surface area contributed by atoms with E-state index < -0.39 is 23.3 Å². The van der Waals surface area contributed by atoms with Gasteiger partial charge < -0.3 is 4.98 Å². The zero-order valence-electron chi connectivity index (χ0n) is 16.3. The molecule has 0 amide bonds. The van der Waals surface area contributed by atoms with Crippen molar-refractivity contribution in [2.24, 2.45) is 5.92 Å². The SMILES string of the molecule is C[C@H](c1ccc(C(F)(F)F)cc1)n1nc(C#N)c2c(=O)[nH]c(CC3CCCC3)nc21. The summed E-state index contributed by atoms with van der Waals surface area (Å²) >= 11 is 0. The molecule has 3 aromatic rings. The van der Waals surface area contributed by atoms with Crippen molar-refractivity contribution in [1.82, 2.24) is 19.7 Å². The summed E-state index contributed by atoms with van der Waals surface area (Å²) < 4.78 is 40.0. The molecule has 0 spiro atoms. The molecule has 2 aromatic heterocycles. The van der Waals surface area contributed by atoms with Crippen LogP contribution in [0.4, 0.5) is 13.2 Å². The van der Waals surface area contributed by atoms with E-state index in [0.29, 0.717) is 23.7 Å². The van der Waals surface area contributed by atoms with Crippen LogP contribution in [0.1, 0.15) is 61.3 Å². The average molecular weight is 415 g/mol. The first-order valence-electron chi connectivity index (χ1n) is 9.86. The monoisotopic (exact) mass is 415 g/mol. The predicted molar refractivity (Wildman–Crippen MR) is 104 cm³/mol. The second kappa shape index (κ2) is 7.59. The number of aromatic amines is 1. The first kappa shape index (κ1) is 20.1. The number of hydrogen-bond acceptors (Lipinski definition) is 4. The summed E-state index contributed by atoms with van der Waals surface area (Å²) in [5, 5.41) is 13.8. The van der Waals surface area contributed by atoms with E-state index >= 15 is 0 Å². The van der Waals surface area contributed by atoms with Crippen LogP contribution in [-0.4, -0.2) is 19.7 Å². The molecular weight excluding hydrogens is 395 g/mol. The Morgan fingerprint density at radius 2 is 1.93 bits per heavy atom. The number of hydrogen-bond donors (Lipinski definition) is 1. The minimum absolute atomic E-state index is 0.0510. The van der Waals surface area contributed by atoms with Gasteiger partial charge in [0.1, 0.15) is 17.3 Å². The fourth-order valence-electron chi connectivity index (χ4n) is 4.12. The Balaban J connectivity index is 1.76. The molecule has 1 aromatic carbocycles. The molecule has 156 valence electrons. The molecule has 0 saturated heterocycles. The molecule has 1 N–H and O–H groups in total. The van der Waals surface area contributed by atoms with E-state index in [4.69, 9.17) is 0 Å². The van der Waals surface area contributed by atoms with Gasteiger partial charge in [-0.2, -0.15) is 23.5 Å². The van der Waals surface area contributed by atoms with Crippen LogP contribution in [0.5, 0.6) is 0 Å². The second-order valence-electron chi connectivity index (χ2n) is 7.77. The van der Waals surface area contributed by atoms with Crippen LogP contribution < -0.4 is 5.56 Å². The maximum Gasteiger partial charge on any atom is 0.416 e. The minimum atomic E-state index is -4.42. The smallest absolute Gasteiger partial charge is 0.310 e. The van der Waals surface area contributed by atoms with Crippen molar-refractivity contribution < 1.29 is 13.2 Å². The lowest BCUT2D eigenvalue weighted by atomic mass is 10.0. The third-order valence-electron chi connectivity index (χ3n) is 5.76. The molecule has 1 aliphatic rings. The zero-order valence-corrected chi connectivity index (χ0v) is 16.3. The highest BCUT2D eigenvalue weighted by atomic mass is 19.4. The molecule has 1 atom stereocenters. The number of alkyl halides is 3. The summed E-state index contributed by atoms with van der Waals surface area (Å²) in [4.78, 5) is 20.0. The van der Waals surface area contributed by atoms with Crippen LogP contribution in [0, 0.1) is 17.2 Å². The van der Waals surface area contributed by atoms with Crippen LogP contribution in [0.15, 0.2) is 29.1 Å². The maximum atomic E-state index is 12.9. The second-order valence-corrected chi connectivity index (χ2v) is 7.77. The topological polar surface area (TPSA) is 87.4 Å². The number of nitrogens with one attached hydrogen (secondary N) is 1.